The fourth-order valence-corrected chi connectivity index (χ4v) is 2.90. The number of methoxy groups -OCH3 is 1. The third-order valence-electron chi connectivity index (χ3n) is 4.21. The molecule has 0 spiro atoms. The van der Waals surface area contributed by atoms with Crippen LogP contribution in [-0.2, 0) is 23.8 Å². The van der Waals surface area contributed by atoms with Gasteiger partial charge in [-0.05, 0) is 13.3 Å². The number of hydrogen-bond acceptors (Lipinski definition) is 5. The monoisotopic (exact) mass is 307 g/mol. The summed E-state index contributed by atoms with van der Waals surface area (Å²) < 4.78 is 16.6. The van der Waals surface area contributed by atoms with Gasteiger partial charge in [-0.15, -0.1) is 6.42 Å². The molecule has 1 saturated heterocycles. The van der Waals surface area contributed by atoms with Gasteiger partial charge in [0.15, 0.2) is 5.60 Å². The third kappa shape index (κ3) is 2.93. The molecule has 6 nitrogen and oxygen atoms in total. The number of nitrogens with one attached hydrogen (secondary N) is 1. The Morgan fingerprint density at radius 3 is 2.86 bits per heavy atom. The van der Waals surface area contributed by atoms with Crippen LogP contribution in [-0.4, -0.2) is 43.5 Å². The number of carbonyl (C=O) groups excluding carboxylic acids is 2. The second kappa shape index (κ2) is 6.61. The summed E-state index contributed by atoms with van der Waals surface area (Å²) in [6, 6.07) is 0. The van der Waals surface area contributed by atoms with Crippen LogP contribution in [0.4, 0.5) is 0 Å². The summed E-state index contributed by atoms with van der Waals surface area (Å²) in [5, 5.41) is 2.33. The number of imide groups is 1. The maximum atomic E-state index is 12.1. The van der Waals surface area contributed by atoms with Gasteiger partial charge in [0.2, 0.25) is 5.91 Å². The molecule has 120 valence electrons. The fourth-order valence-electron chi connectivity index (χ4n) is 2.90. The van der Waals surface area contributed by atoms with E-state index in [1.165, 1.54) is 7.11 Å². The highest BCUT2D eigenvalue weighted by Crippen LogP contribution is 2.39. The normalized spacial score (nSPS) is 35.0. The quantitative estimate of drug-likeness (QED) is 0.461. The number of rotatable bonds is 5. The van der Waals surface area contributed by atoms with Crippen molar-refractivity contribution in [3.05, 3.63) is 11.6 Å². The molecule has 0 aromatic carbocycles. The molecule has 2 aliphatic rings. The maximum Gasteiger partial charge on any atom is 0.253 e. The van der Waals surface area contributed by atoms with Crippen molar-refractivity contribution >= 4 is 11.8 Å². The van der Waals surface area contributed by atoms with Crippen molar-refractivity contribution < 1.29 is 23.8 Å². The Morgan fingerprint density at radius 1 is 1.55 bits per heavy atom. The highest BCUT2D eigenvalue weighted by atomic mass is 16.7. The molecule has 22 heavy (non-hydrogen) atoms. The lowest BCUT2D eigenvalue weighted by Crippen LogP contribution is -2.44. The molecule has 0 aromatic rings. The van der Waals surface area contributed by atoms with E-state index in [1.807, 2.05) is 6.92 Å². The first-order chi connectivity index (χ1) is 10.5. The van der Waals surface area contributed by atoms with E-state index in [0.29, 0.717) is 18.4 Å². The summed E-state index contributed by atoms with van der Waals surface area (Å²) in [6.07, 6.45) is 7.54. The van der Waals surface area contributed by atoms with Crippen LogP contribution in [0, 0.1) is 18.3 Å². The molecule has 2 aliphatic heterocycles. The smallest absolute Gasteiger partial charge is 0.253 e. The van der Waals surface area contributed by atoms with Crippen LogP contribution in [0.5, 0.6) is 0 Å². The van der Waals surface area contributed by atoms with E-state index >= 15 is 0 Å². The molecule has 6 heteroatoms. The predicted molar refractivity (Wildman–Crippen MR) is 78.5 cm³/mol. The van der Waals surface area contributed by atoms with Gasteiger partial charge in [-0.25, -0.2) is 0 Å². The second-order valence-electron chi connectivity index (χ2n) is 5.54. The summed E-state index contributed by atoms with van der Waals surface area (Å²) in [5.74, 6) is 1.38. The molecule has 1 fully saturated rings. The lowest BCUT2D eigenvalue weighted by atomic mass is 9.90. The van der Waals surface area contributed by atoms with Gasteiger partial charge in [0.1, 0.15) is 12.9 Å². The predicted octanol–water partition coefficient (Wildman–Crippen LogP) is 0.765. The molecule has 3 unspecified atom stereocenters. The van der Waals surface area contributed by atoms with Gasteiger partial charge in [0, 0.05) is 19.1 Å². The van der Waals surface area contributed by atoms with Crippen LogP contribution < -0.4 is 5.32 Å². The van der Waals surface area contributed by atoms with E-state index in [9.17, 15) is 9.59 Å². The minimum atomic E-state index is -0.882. The molecule has 0 radical (unpaired) electrons. The highest BCUT2D eigenvalue weighted by molar-refractivity contribution is 6.08. The van der Waals surface area contributed by atoms with E-state index in [4.69, 9.17) is 20.6 Å². The van der Waals surface area contributed by atoms with Crippen LogP contribution in [0.1, 0.15) is 26.7 Å². The van der Waals surface area contributed by atoms with E-state index in [1.54, 1.807) is 13.0 Å². The standard InChI is InChI=1S/C16H21NO5/c1-5-16(6-2)13(21-9-20-4)8-12(22-16)11-7-10(3)14(18)17-15(11)19/h1,7,11-13H,6,8-9H2,2-4H3,(H,17,18,19)/t11?,12?,13?,16-/m1/s1. The minimum Gasteiger partial charge on any atom is -0.359 e. The molecule has 0 saturated carbocycles. The summed E-state index contributed by atoms with van der Waals surface area (Å²) in [6.45, 7) is 3.68. The molecular formula is C16H21NO5. The largest absolute Gasteiger partial charge is 0.359 e. The number of carbonyl (C=O) groups is 2. The van der Waals surface area contributed by atoms with Gasteiger partial charge in [0.25, 0.3) is 5.91 Å². The Balaban J connectivity index is 2.22. The maximum absolute atomic E-state index is 12.1. The number of terminal acetylenes is 1. The summed E-state index contributed by atoms with van der Waals surface area (Å²) in [5.41, 5.74) is -0.385. The van der Waals surface area contributed by atoms with Crippen molar-refractivity contribution in [3.63, 3.8) is 0 Å². The van der Waals surface area contributed by atoms with Gasteiger partial charge in [-0.2, -0.15) is 0 Å². The summed E-state index contributed by atoms with van der Waals surface area (Å²) in [7, 11) is 1.53. The first-order valence-electron chi connectivity index (χ1n) is 7.27. The Labute approximate surface area is 130 Å². The molecule has 0 aromatic heterocycles. The van der Waals surface area contributed by atoms with Crippen LogP contribution in [0.15, 0.2) is 11.6 Å². The zero-order valence-corrected chi connectivity index (χ0v) is 13.0. The van der Waals surface area contributed by atoms with E-state index in [-0.39, 0.29) is 24.7 Å². The minimum absolute atomic E-state index is 0.106. The molecule has 2 amide bonds. The molecule has 0 aliphatic carbocycles. The van der Waals surface area contributed by atoms with Gasteiger partial charge >= 0.3 is 0 Å². The first kappa shape index (κ1) is 16.7. The van der Waals surface area contributed by atoms with Crippen molar-refractivity contribution in [3.8, 4) is 12.3 Å². The molecule has 2 rings (SSSR count). The Morgan fingerprint density at radius 2 is 2.27 bits per heavy atom. The number of ether oxygens (including phenoxy) is 3. The number of amides is 2. The Hall–Kier alpha value is -1.68. The van der Waals surface area contributed by atoms with E-state index in [0.717, 1.165) is 0 Å². The summed E-state index contributed by atoms with van der Waals surface area (Å²) in [4.78, 5) is 23.6. The zero-order chi connectivity index (χ0) is 16.3. The molecular weight excluding hydrogens is 286 g/mol. The van der Waals surface area contributed by atoms with Gasteiger partial charge < -0.3 is 14.2 Å². The Kier molecular flexibility index (Phi) is 5.01. The van der Waals surface area contributed by atoms with Gasteiger partial charge in [-0.3, -0.25) is 14.9 Å². The lowest BCUT2D eigenvalue weighted by Gasteiger charge is -2.29. The van der Waals surface area contributed by atoms with Gasteiger partial charge in [0.05, 0.1) is 12.0 Å². The highest BCUT2D eigenvalue weighted by Gasteiger charge is 2.51. The molecule has 2 heterocycles. The van der Waals surface area contributed by atoms with Gasteiger partial charge in [-0.1, -0.05) is 18.9 Å². The van der Waals surface area contributed by atoms with Crippen molar-refractivity contribution in [2.24, 2.45) is 5.92 Å². The van der Waals surface area contributed by atoms with Crippen molar-refractivity contribution in [2.75, 3.05) is 13.9 Å². The molecule has 1 N–H and O–H groups in total. The van der Waals surface area contributed by atoms with Crippen LogP contribution >= 0.6 is 0 Å². The van der Waals surface area contributed by atoms with Crippen molar-refractivity contribution in [1.29, 1.82) is 0 Å². The van der Waals surface area contributed by atoms with E-state index < -0.39 is 17.6 Å². The SMILES string of the molecule is C#C[C@]1(CC)OC(C2C=C(C)C(=O)NC2=O)CC1OCOC. The van der Waals surface area contributed by atoms with E-state index in [2.05, 4.69) is 11.2 Å². The van der Waals surface area contributed by atoms with Crippen LogP contribution in [0.2, 0.25) is 0 Å². The zero-order valence-electron chi connectivity index (χ0n) is 13.0. The van der Waals surface area contributed by atoms with Crippen molar-refractivity contribution in [1.82, 2.24) is 5.32 Å². The average molecular weight is 307 g/mol. The number of hydrogen-bond donors (Lipinski definition) is 1. The van der Waals surface area contributed by atoms with Crippen LogP contribution in [0.3, 0.4) is 0 Å². The lowest BCUT2D eigenvalue weighted by molar-refractivity contribution is -0.137. The molecule has 0 bridgehead atoms. The second-order valence-corrected chi connectivity index (χ2v) is 5.54. The Bertz CT molecular complexity index is 535. The topological polar surface area (TPSA) is 73.9 Å². The summed E-state index contributed by atoms with van der Waals surface area (Å²) >= 11 is 0. The first-order valence-corrected chi connectivity index (χ1v) is 7.27. The van der Waals surface area contributed by atoms with Crippen molar-refractivity contribution in [2.45, 2.75) is 44.5 Å². The fraction of sp³-hybridized carbons (Fsp3) is 0.625. The molecule has 4 atom stereocenters. The third-order valence-corrected chi connectivity index (χ3v) is 4.21. The van der Waals surface area contributed by atoms with Crippen LogP contribution in [0.25, 0.3) is 0 Å². The average Bonchev–Trinajstić information content (AvgIpc) is 2.88.